The van der Waals surface area contributed by atoms with Gasteiger partial charge in [-0.25, -0.2) is 4.79 Å². The Morgan fingerprint density at radius 1 is 1.22 bits per heavy atom. The summed E-state index contributed by atoms with van der Waals surface area (Å²) in [5.74, 6) is -1.25. The molecule has 0 spiro atoms. The molecule has 1 amide bonds. The number of hydrogen-bond acceptors (Lipinski definition) is 2. The van der Waals surface area contributed by atoms with Crippen LogP contribution in [-0.4, -0.2) is 17.0 Å². The number of carboxylic acids is 1. The van der Waals surface area contributed by atoms with E-state index in [1.165, 1.54) is 0 Å². The fraction of sp³-hybridized carbons (Fsp3) is 0.429. The highest BCUT2D eigenvalue weighted by atomic mass is 16.4. The zero-order chi connectivity index (χ0) is 13.4. The summed E-state index contributed by atoms with van der Waals surface area (Å²) in [5, 5.41) is 11.7. The van der Waals surface area contributed by atoms with Crippen LogP contribution < -0.4 is 5.32 Å². The Balaban J connectivity index is 2.59. The van der Waals surface area contributed by atoms with Crippen molar-refractivity contribution >= 4 is 11.9 Å². The van der Waals surface area contributed by atoms with E-state index < -0.39 is 12.0 Å². The molecular formula is C14H19NO3. The third-order valence-electron chi connectivity index (χ3n) is 2.69. The molecule has 0 saturated carbocycles. The van der Waals surface area contributed by atoms with Gasteiger partial charge in [-0.1, -0.05) is 50.1 Å². The van der Waals surface area contributed by atoms with Crippen LogP contribution in [-0.2, 0) is 9.59 Å². The van der Waals surface area contributed by atoms with E-state index in [-0.39, 0.29) is 5.91 Å². The zero-order valence-corrected chi connectivity index (χ0v) is 10.6. The Labute approximate surface area is 107 Å². The standard InChI is InChI=1S/C14H19NO3/c1-2-3-5-10-12(16)15-13(14(17)18)11-8-6-4-7-9-11/h4,6-9,13H,2-3,5,10H2,1H3,(H,15,16)(H,17,18). The van der Waals surface area contributed by atoms with Gasteiger partial charge in [0.1, 0.15) is 0 Å². The van der Waals surface area contributed by atoms with Crippen LogP contribution in [0.1, 0.15) is 44.2 Å². The molecule has 0 aromatic heterocycles. The van der Waals surface area contributed by atoms with Gasteiger partial charge in [-0.2, -0.15) is 0 Å². The summed E-state index contributed by atoms with van der Waals surface area (Å²) < 4.78 is 0. The monoisotopic (exact) mass is 249 g/mol. The van der Waals surface area contributed by atoms with E-state index in [4.69, 9.17) is 5.11 Å². The first kappa shape index (κ1) is 14.2. The fourth-order valence-electron chi connectivity index (χ4n) is 1.70. The number of amides is 1. The van der Waals surface area contributed by atoms with Gasteiger partial charge in [0.2, 0.25) is 5.91 Å². The van der Waals surface area contributed by atoms with Crippen LogP contribution in [0.5, 0.6) is 0 Å². The van der Waals surface area contributed by atoms with E-state index in [1.54, 1.807) is 24.3 Å². The average molecular weight is 249 g/mol. The minimum atomic E-state index is -1.04. The highest BCUT2D eigenvalue weighted by Crippen LogP contribution is 2.13. The van der Waals surface area contributed by atoms with Crippen molar-refractivity contribution in [1.82, 2.24) is 5.32 Å². The van der Waals surface area contributed by atoms with Gasteiger partial charge in [-0.15, -0.1) is 0 Å². The molecule has 0 fully saturated rings. The molecule has 0 aliphatic heterocycles. The van der Waals surface area contributed by atoms with Gasteiger partial charge in [-0.3, -0.25) is 4.79 Å². The molecule has 18 heavy (non-hydrogen) atoms. The van der Waals surface area contributed by atoms with Gasteiger partial charge in [0.15, 0.2) is 6.04 Å². The van der Waals surface area contributed by atoms with Crippen LogP contribution in [0.15, 0.2) is 30.3 Å². The van der Waals surface area contributed by atoms with Crippen molar-refractivity contribution in [3.05, 3.63) is 35.9 Å². The number of carbonyl (C=O) groups is 2. The van der Waals surface area contributed by atoms with Gasteiger partial charge >= 0.3 is 5.97 Å². The van der Waals surface area contributed by atoms with Crippen LogP contribution in [0.2, 0.25) is 0 Å². The van der Waals surface area contributed by atoms with Crippen molar-refractivity contribution in [1.29, 1.82) is 0 Å². The Hall–Kier alpha value is -1.84. The molecule has 4 heteroatoms. The van der Waals surface area contributed by atoms with Crippen molar-refractivity contribution in [2.75, 3.05) is 0 Å². The van der Waals surface area contributed by atoms with Crippen molar-refractivity contribution < 1.29 is 14.7 Å². The quantitative estimate of drug-likeness (QED) is 0.730. The lowest BCUT2D eigenvalue weighted by molar-refractivity contribution is -0.142. The average Bonchev–Trinajstić information content (AvgIpc) is 2.37. The van der Waals surface area contributed by atoms with Crippen LogP contribution >= 0.6 is 0 Å². The minimum Gasteiger partial charge on any atom is -0.479 e. The number of nitrogens with one attached hydrogen (secondary N) is 1. The van der Waals surface area contributed by atoms with E-state index in [9.17, 15) is 9.59 Å². The molecule has 1 aromatic carbocycles. The highest BCUT2D eigenvalue weighted by Gasteiger charge is 2.21. The summed E-state index contributed by atoms with van der Waals surface area (Å²) in [6.07, 6.45) is 3.19. The van der Waals surface area contributed by atoms with E-state index >= 15 is 0 Å². The first-order valence-corrected chi connectivity index (χ1v) is 6.22. The van der Waals surface area contributed by atoms with Crippen LogP contribution in [0.25, 0.3) is 0 Å². The summed E-state index contributed by atoms with van der Waals surface area (Å²) in [7, 11) is 0. The normalized spacial score (nSPS) is 11.8. The molecule has 0 bridgehead atoms. The topological polar surface area (TPSA) is 66.4 Å². The summed E-state index contributed by atoms with van der Waals surface area (Å²) in [4.78, 5) is 22.8. The summed E-state index contributed by atoms with van der Waals surface area (Å²) in [6, 6.07) is 7.77. The van der Waals surface area contributed by atoms with Gasteiger partial charge in [0.25, 0.3) is 0 Å². The molecule has 0 aliphatic carbocycles. The minimum absolute atomic E-state index is 0.209. The Morgan fingerprint density at radius 3 is 2.44 bits per heavy atom. The van der Waals surface area contributed by atoms with Gasteiger partial charge < -0.3 is 10.4 Å². The smallest absolute Gasteiger partial charge is 0.330 e. The molecule has 1 unspecified atom stereocenters. The fourth-order valence-corrected chi connectivity index (χ4v) is 1.70. The van der Waals surface area contributed by atoms with E-state index in [0.717, 1.165) is 19.3 Å². The second kappa shape index (κ2) is 7.48. The van der Waals surface area contributed by atoms with Gasteiger partial charge in [0.05, 0.1) is 0 Å². The van der Waals surface area contributed by atoms with E-state index in [1.807, 2.05) is 6.07 Å². The number of carboxylic acid groups (broad SMARTS) is 1. The number of unbranched alkanes of at least 4 members (excludes halogenated alkanes) is 2. The summed E-state index contributed by atoms with van der Waals surface area (Å²) >= 11 is 0. The predicted octanol–water partition coefficient (Wildman–Crippen LogP) is 2.51. The molecule has 0 aliphatic rings. The molecule has 0 saturated heterocycles. The van der Waals surface area contributed by atoms with Crippen LogP contribution in [0.4, 0.5) is 0 Å². The molecule has 0 heterocycles. The highest BCUT2D eigenvalue weighted by molar-refractivity contribution is 5.84. The first-order chi connectivity index (χ1) is 8.65. The van der Waals surface area contributed by atoms with Crippen LogP contribution in [0, 0.1) is 0 Å². The van der Waals surface area contributed by atoms with Gasteiger partial charge in [-0.05, 0) is 12.0 Å². The molecule has 4 nitrogen and oxygen atoms in total. The van der Waals surface area contributed by atoms with Crippen molar-refractivity contribution in [2.45, 2.75) is 38.6 Å². The first-order valence-electron chi connectivity index (χ1n) is 6.22. The number of rotatable bonds is 7. The number of aliphatic carboxylic acids is 1. The third kappa shape index (κ3) is 4.57. The van der Waals surface area contributed by atoms with Gasteiger partial charge in [0, 0.05) is 6.42 Å². The van der Waals surface area contributed by atoms with Crippen molar-refractivity contribution in [3.63, 3.8) is 0 Å². The Kier molecular flexibility index (Phi) is 5.91. The maximum Gasteiger partial charge on any atom is 0.330 e. The molecule has 2 N–H and O–H groups in total. The second-order valence-electron chi connectivity index (χ2n) is 4.21. The lowest BCUT2D eigenvalue weighted by Crippen LogP contribution is -2.33. The lowest BCUT2D eigenvalue weighted by Gasteiger charge is -2.14. The Morgan fingerprint density at radius 2 is 1.89 bits per heavy atom. The van der Waals surface area contributed by atoms with Crippen molar-refractivity contribution in [2.24, 2.45) is 0 Å². The largest absolute Gasteiger partial charge is 0.479 e. The lowest BCUT2D eigenvalue weighted by atomic mass is 10.1. The molecular weight excluding hydrogens is 230 g/mol. The van der Waals surface area contributed by atoms with E-state index in [0.29, 0.717) is 12.0 Å². The summed E-state index contributed by atoms with van der Waals surface area (Å²) in [6.45, 7) is 2.06. The third-order valence-corrected chi connectivity index (χ3v) is 2.69. The van der Waals surface area contributed by atoms with Crippen molar-refractivity contribution in [3.8, 4) is 0 Å². The number of benzene rings is 1. The molecule has 1 rings (SSSR count). The molecule has 0 radical (unpaired) electrons. The second-order valence-corrected chi connectivity index (χ2v) is 4.21. The number of carbonyl (C=O) groups excluding carboxylic acids is 1. The number of hydrogen-bond donors (Lipinski definition) is 2. The SMILES string of the molecule is CCCCCC(=O)NC(C(=O)O)c1ccccc1. The Bertz CT molecular complexity index is 389. The summed E-state index contributed by atoms with van der Waals surface area (Å²) in [5.41, 5.74) is 0.592. The maximum atomic E-state index is 11.6. The molecule has 1 aromatic rings. The predicted molar refractivity (Wildman–Crippen MR) is 69.1 cm³/mol. The molecule has 98 valence electrons. The van der Waals surface area contributed by atoms with E-state index in [2.05, 4.69) is 12.2 Å². The zero-order valence-electron chi connectivity index (χ0n) is 10.6. The maximum absolute atomic E-state index is 11.6. The van der Waals surface area contributed by atoms with Crippen LogP contribution in [0.3, 0.4) is 0 Å². The molecule has 1 atom stereocenters.